The van der Waals surface area contributed by atoms with E-state index in [0.717, 1.165) is 21.1 Å². The van der Waals surface area contributed by atoms with Gasteiger partial charge in [0.05, 0.1) is 24.8 Å². The number of nitrogens with two attached hydrogens (primary N) is 1. The molecule has 0 radical (unpaired) electrons. The minimum atomic E-state index is -0.607. The fraction of sp³-hybridized carbons (Fsp3) is 0.389. The first kappa shape index (κ1) is 19.1. The van der Waals surface area contributed by atoms with Crippen LogP contribution in [0.1, 0.15) is 24.4 Å². The Bertz CT molecular complexity index is 728. The molecule has 0 aliphatic rings. The lowest BCUT2D eigenvalue weighted by molar-refractivity contribution is -0.127. The van der Waals surface area contributed by atoms with Gasteiger partial charge in [-0.2, -0.15) is 0 Å². The molecule has 0 spiro atoms. The van der Waals surface area contributed by atoms with E-state index in [-0.39, 0.29) is 24.3 Å². The summed E-state index contributed by atoms with van der Waals surface area (Å²) in [6.07, 6.45) is 0. The number of aromatic nitrogens is 1. The molecule has 0 saturated carbocycles. The maximum Gasteiger partial charge on any atom is 0.239 e. The molecule has 1 aromatic heterocycles. The zero-order valence-corrected chi connectivity index (χ0v) is 15.5. The van der Waals surface area contributed by atoms with E-state index in [4.69, 9.17) is 5.73 Å². The summed E-state index contributed by atoms with van der Waals surface area (Å²) in [5.41, 5.74) is 7.70. The molecule has 7 heteroatoms. The van der Waals surface area contributed by atoms with Gasteiger partial charge in [0.25, 0.3) is 0 Å². The van der Waals surface area contributed by atoms with Gasteiger partial charge in [-0.05, 0) is 12.8 Å². The van der Waals surface area contributed by atoms with E-state index >= 15 is 0 Å². The lowest BCUT2D eigenvalue weighted by Crippen LogP contribution is -2.47. The van der Waals surface area contributed by atoms with E-state index in [0.29, 0.717) is 6.54 Å². The number of benzene rings is 1. The number of thiazole rings is 1. The van der Waals surface area contributed by atoms with Gasteiger partial charge in [-0.1, -0.05) is 44.2 Å². The average molecular weight is 360 g/mol. The molecule has 1 aromatic carbocycles. The van der Waals surface area contributed by atoms with E-state index in [1.807, 2.05) is 51.1 Å². The number of hydrogen-bond donors (Lipinski definition) is 3. The minimum absolute atomic E-state index is 0.0271. The second-order valence-electron chi connectivity index (χ2n) is 6.16. The van der Waals surface area contributed by atoms with Crippen LogP contribution in [0.5, 0.6) is 0 Å². The highest BCUT2D eigenvalue weighted by Crippen LogP contribution is 2.27. The molecule has 134 valence electrons. The monoisotopic (exact) mass is 360 g/mol. The largest absolute Gasteiger partial charge is 0.350 e. The lowest BCUT2D eigenvalue weighted by Gasteiger charge is -2.15. The first-order valence-electron chi connectivity index (χ1n) is 8.20. The summed E-state index contributed by atoms with van der Waals surface area (Å²) in [6.45, 7) is 5.96. The van der Waals surface area contributed by atoms with Crippen molar-refractivity contribution < 1.29 is 9.59 Å². The Balaban J connectivity index is 1.86. The van der Waals surface area contributed by atoms with Gasteiger partial charge < -0.3 is 16.4 Å². The Morgan fingerprint density at radius 1 is 1.20 bits per heavy atom. The number of hydrogen-bond acceptors (Lipinski definition) is 5. The zero-order valence-electron chi connectivity index (χ0n) is 14.7. The molecular formula is C18H24N4O2S. The fourth-order valence-corrected chi connectivity index (χ4v) is 3.13. The second-order valence-corrected chi connectivity index (χ2v) is 7.24. The predicted octanol–water partition coefficient (Wildman–Crippen LogP) is 1.83. The number of carbonyl (C=O) groups excluding carboxylic acids is 2. The molecule has 1 heterocycles. The molecule has 25 heavy (non-hydrogen) atoms. The molecule has 0 saturated heterocycles. The number of rotatable bonds is 7. The highest BCUT2D eigenvalue weighted by molar-refractivity contribution is 7.15. The Kier molecular flexibility index (Phi) is 6.66. The summed E-state index contributed by atoms with van der Waals surface area (Å²) in [4.78, 5) is 29.2. The van der Waals surface area contributed by atoms with Crippen LogP contribution in [0.2, 0.25) is 0 Å². The first-order chi connectivity index (χ1) is 11.9. The maximum atomic E-state index is 11.9. The summed E-state index contributed by atoms with van der Waals surface area (Å²) < 4.78 is 0. The number of carbonyl (C=O) groups is 2. The maximum absolute atomic E-state index is 11.9. The number of nitrogens with zero attached hydrogens (tertiary/aromatic N) is 1. The number of amides is 2. The smallest absolute Gasteiger partial charge is 0.239 e. The van der Waals surface area contributed by atoms with Crippen molar-refractivity contribution >= 4 is 23.2 Å². The van der Waals surface area contributed by atoms with Crippen molar-refractivity contribution in [2.75, 3.05) is 6.54 Å². The zero-order chi connectivity index (χ0) is 18.4. The molecule has 2 aromatic rings. The van der Waals surface area contributed by atoms with Gasteiger partial charge in [-0.25, -0.2) is 4.98 Å². The molecule has 2 rings (SSSR count). The van der Waals surface area contributed by atoms with Crippen LogP contribution in [-0.2, 0) is 16.1 Å². The van der Waals surface area contributed by atoms with E-state index in [1.165, 1.54) is 0 Å². The summed E-state index contributed by atoms with van der Waals surface area (Å²) >= 11 is 1.55. The van der Waals surface area contributed by atoms with Crippen LogP contribution >= 0.6 is 11.3 Å². The molecule has 0 fully saturated rings. The van der Waals surface area contributed by atoms with Gasteiger partial charge in [0, 0.05) is 10.4 Å². The Labute approximate surface area is 151 Å². The molecule has 6 nitrogen and oxygen atoms in total. The van der Waals surface area contributed by atoms with Crippen LogP contribution in [0.4, 0.5) is 0 Å². The molecule has 1 atom stereocenters. The summed E-state index contributed by atoms with van der Waals surface area (Å²) in [5.74, 6) is -0.539. The van der Waals surface area contributed by atoms with Crippen molar-refractivity contribution in [1.29, 1.82) is 0 Å². The number of nitrogens with one attached hydrogen (secondary N) is 2. The van der Waals surface area contributed by atoms with Crippen molar-refractivity contribution in [2.24, 2.45) is 11.7 Å². The number of aryl methyl sites for hydroxylation is 1. The van der Waals surface area contributed by atoms with Crippen molar-refractivity contribution in [1.82, 2.24) is 15.6 Å². The lowest BCUT2D eigenvalue weighted by atomic mass is 10.1. The van der Waals surface area contributed by atoms with E-state index in [1.54, 1.807) is 11.3 Å². The van der Waals surface area contributed by atoms with Gasteiger partial charge in [0.15, 0.2) is 0 Å². The summed E-state index contributed by atoms with van der Waals surface area (Å²) in [6, 6.07) is 9.31. The molecule has 0 aliphatic heterocycles. The molecule has 4 N–H and O–H groups in total. The van der Waals surface area contributed by atoms with Gasteiger partial charge in [0.2, 0.25) is 11.8 Å². The topological polar surface area (TPSA) is 97.1 Å². The molecular weight excluding hydrogens is 336 g/mol. The molecule has 0 bridgehead atoms. The van der Waals surface area contributed by atoms with E-state index in [2.05, 4.69) is 15.6 Å². The standard InChI is InChI=1S/C18H24N4O2S/c1-11(2)16(19)17(24)21-10-15(23)20-9-14-12(3)22-18(25-14)13-7-5-4-6-8-13/h4-8,11,16H,9-10,19H2,1-3H3,(H,20,23)(H,21,24)/t16-/m0/s1. The van der Waals surface area contributed by atoms with Crippen molar-refractivity contribution in [3.8, 4) is 10.6 Å². The second kappa shape index (κ2) is 8.73. The van der Waals surface area contributed by atoms with Crippen LogP contribution < -0.4 is 16.4 Å². The average Bonchev–Trinajstić information content (AvgIpc) is 2.98. The van der Waals surface area contributed by atoms with Gasteiger partial charge in [-0.3, -0.25) is 9.59 Å². The minimum Gasteiger partial charge on any atom is -0.350 e. The third-order valence-corrected chi connectivity index (χ3v) is 5.01. The highest BCUT2D eigenvalue weighted by atomic mass is 32.1. The first-order valence-corrected chi connectivity index (χ1v) is 9.02. The fourth-order valence-electron chi connectivity index (χ4n) is 2.13. The third kappa shape index (κ3) is 5.37. The van der Waals surface area contributed by atoms with Gasteiger partial charge in [0.1, 0.15) is 5.01 Å². The van der Waals surface area contributed by atoms with Crippen molar-refractivity contribution in [3.63, 3.8) is 0 Å². The summed E-state index contributed by atoms with van der Waals surface area (Å²) in [5, 5.41) is 6.29. The van der Waals surface area contributed by atoms with E-state index < -0.39 is 6.04 Å². The normalized spacial score (nSPS) is 12.0. The van der Waals surface area contributed by atoms with Crippen LogP contribution in [0.15, 0.2) is 30.3 Å². The van der Waals surface area contributed by atoms with Crippen LogP contribution in [0.25, 0.3) is 10.6 Å². The van der Waals surface area contributed by atoms with Gasteiger partial charge in [-0.15, -0.1) is 11.3 Å². The Morgan fingerprint density at radius 3 is 2.52 bits per heavy atom. The third-order valence-electron chi connectivity index (χ3n) is 3.80. The van der Waals surface area contributed by atoms with Gasteiger partial charge >= 0.3 is 0 Å². The Morgan fingerprint density at radius 2 is 1.88 bits per heavy atom. The Hall–Kier alpha value is -2.25. The van der Waals surface area contributed by atoms with Crippen molar-refractivity contribution in [3.05, 3.63) is 40.9 Å². The van der Waals surface area contributed by atoms with Crippen molar-refractivity contribution in [2.45, 2.75) is 33.4 Å². The quantitative estimate of drug-likeness (QED) is 0.702. The molecule has 0 unspecified atom stereocenters. The summed E-state index contributed by atoms with van der Waals surface area (Å²) in [7, 11) is 0. The molecule has 0 aliphatic carbocycles. The SMILES string of the molecule is Cc1nc(-c2ccccc2)sc1CNC(=O)CNC(=O)[C@@H](N)C(C)C. The van der Waals surface area contributed by atoms with Crippen LogP contribution in [-0.4, -0.2) is 29.4 Å². The van der Waals surface area contributed by atoms with E-state index in [9.17, 15) is 9.59 Å². The van der Waals surface area contributed by atoms with Crippen LogP contribution in [0, 0.1) is 12.8 Å². The predicted molar refractivity (Wildman–Crippen MR) is 100.0 cm³/mol. The van der Waals surface area contributed by atoms with Crippen LogP contribution in [0.3, 0.4) is 0 Å². The molecule has 2 amide bonds. The highest BCUT2D eigenvalue weighted by Gasteiger charge is 2.17.